The maximum atomic E-state index is 12.9. The van der Waals surface area contributed by atoms with Crippen LogP contribution < -0.4 is 10.6 Å². The first-order valence-electron chi connectivity index (χ1n) is 7.93. The fourth-order valence-electron chi connectivity index (χ4n) is 4.46. The highest BCUT2D eigenvalue weighted by atomic mass is 19.1. The van der Waals surface area contributed by atoms with Gasteiger partial charge in [-0.25, -0.2) is 4.39 Å². The minimum absolute atomic E-state index is 0.0121. The van der Waals surface area contributed by atoms with Gasteiger partial charge in [0.15, 0.2) is 0 Å². The molecule has 3 aliphatic rings. The van der Waals surface area contributed by atoms with Gasteiger partial charge in [-0.05, 0) is 44.0 Å². The third-order valence-electron chi connectivity index (χ3n) is 5.44. The Kier molecular flexibility index (Phi) is 3.09. The fourth-order valence-corrected chi connectivity index (χ4v) is 4.46. The molecule has 2 unspecified atom stereocenters. The summed E-state index contributed by atoms with van der Waals surface area (Å²) in [5.74, 6) is -2.53. The standard InChI is InChI=1S/C17H17FN2O4/c1-16-6-7-17(24-16,13-12(16)14(22)20-15(13)23)8-11(21)19-10-4-2-9(18)3-5-10/h2-5,12-13H,6-8H2,1H3,(H,19,21)(H,20,22,23)/t12-,13+,16?,17?/m1/s1. The summed E-state index contributed by atoms with van der Waals surface area (Å²) in [6.45, 7) is 1.83. The third-order valence-corrected chi connectivity index (χ3v) is 5.44. The summed E-state index contributed by atoms with van der Waals surface area (Å²) >= 11 is 0. The van der Waals surface area contributed by atoms with Crippen LogP contribution in [0, 0.1) is 17.7 Å². The van der Waals surface area contributed by atoms with Crippen LogP contribution in [0.1, 0.15) is 26.2 Å². The van der Waals surface area contributed by atoms with Crippen LogP contribution in [0.25, 0.3) is 0 Å². The smallest absolute Gasteiger partial charge is 0.233 e. The average molecular weight is 332 g/mol. The molecule has 0 aliphatic carbocycles. The molecule has 4 atom stereocenters. The second-order valence-corrected chi connectivity index (χ2v) is 7.02. The molecular weight excluding hydrogens is 315 g/mol. The largest absolute Gasteiger partial charge is 0.367 e. The second-order valence-electron chi connectivity index (χ2n) is 7.02. The van der Waals surface area contributed by atoms with Crippen LogP contribution in [-0.4, -0.2) is 28.9 Å². The molecule has 0 radical (unpaired) electrons. The van der Waals surface area contributed by atoms with Crippen molar-refractivity contribution in [2.75, 3.05) is 5.32 Å². The highest BCUT2D eigenvalue weighted by molar-refractivity contribution is 6.07. The van der Waals surface area contributed by atoms with Crippen molar-refractivity contribution in [2.45, 2.75) is 37.4 Å². The minimum Gasteiger partial charge on any atom is -0.367 e. The van der Waals surface area contributed by atoms with Crippen molar-refractivity contribution in [3.63, 3.8) is 0 Å². The highest BCUT2D eigenvalue weighted by Gasteiger charge is 2.72. The average Bonchev–Trinajstić information content (AvgIpc) is 3.09. The monoisotopic (exact) mass is 332 g/mol. The van der Waals surface area contributed by atoms with Crippen LogP contribution in [0.3, 0.4) is 0 Å². The van der Waals surface area contributed by atoms with Gasteiger partial charge in [-0.15, -0.1) is 0 Å². The molecule has 24 heavy (non-hydrogen) atoms. The number of anilines is 1. The molecule has 3 fully saturated rings. The van der Waals surface area contributed by atoms with E-state index in [0.717, 1.165) is 0 Å². The fraction of sp³-hybridized carbons (Fsp3) is 0.471. The number of hydrogen-bond donors (Lipinski definition) is 2. The first kappa shape index (κ1) is 15.3. The molecule has 3 amide bonds. The van der Waals surface area contributed by atoms with E-state index >= 15 is 0 Å². The number of hydrogen-bond acceptors (Lipinski definition) is 4. The number of carbonyl (C=O) groups excluding carboxylic acids is 3. The van der Waals surface area contributed by atoms with Crippen LogP contribution in [0.5, 0.6) is 0 Å². The van der Waals surface area contributed by atoms with Crippen LogP contribution >= 0.6 is 0 Å². The van der Waals surface area contributed by atoms with Crippen molar-refractivity contribution in [1.29, 1.82) is 0 Å². The molecule has 4 rings (SSSR count). The molecule has 0 spiro atoms. The van der Waals surface area contributed by atoms with Gasteiger partial charge in [0.1, 0.15) is 5.82 Å². The van der Waals surface area contributed by atoms with Gasteiger partial charge in [-0.1, -0.05) is 0 Å². The van der Waals surface area contributed by atoms with E-state index in [1.54, 1.807) is 0 Å². The van der Waals surface area contributed by atoms with Crippen LogP contribution in [0.4, 0.5) is 10.1 Å². The molecule has 1 aromatic carbocycles. The van der Waals surface area contributed by atoms with Gasteiger partial charge >= 0.3 is 0 Å². The molecule has 1 aromatic rings. The summed E-state index contributed by atoms with van der Waals surface area (Å²) in [5.41, 5.74) is -1.17. The van der Waals surface area contributed by atoms with Crippen LogP contribution in [0.15, 0.2) is 24.3 Å². The van der Waals surface area contributed by atoms with Crippen molar-refractivity contribution in [2.24, 2.45) is 11.8 Å². The van der Waals surface area contributed by atoms with Gasteiger partial charge in [0.25, 0.3) is 0 Å². The van der Waals surface area contributed by atoms with Crippen molar-refractivity contribution in [3.8, 4) is 0 Å². The molecule has 126 valence electrons. The molecule has 2 N–H and O–H groups in total. The van der Waals surface area contributed by atoms with E-state index in [9.17, 15) is 18.8 Å². The number of benzene rings is 1. The topological polar surface area (TPSA) is 84.5 Å². The lowest BCUT2D eigenvalue weighted by Crippen LogP contribution is -2.44. The number of halogens is 1. The zero-order valence-electron chi connectivity index (χ0n) is 13.1. The minimum atomic E-state index is -0.945. The molecule has 3 heterocycles. The molecule has 7 heteroatoms. The predicted octanol–water partition coefficient (Wildman–Crippen LogP) is 1.36. The summed E-state index contributed by atoms with van der Waals surface area (Å²) in [6.07, 6.45) is 1.18. The quantitative estimate of drug-likeness (QED) is 0.819. The Morgan fingerprint density at radius 2 is 1.92 bits per heavy atom. The maximum Gasteiger partial charge on any atom is 0.233 e. The molecular formula is C17H17FN2O4. The molecule has 2 bridgehead atoms. The lowest BCUT2D eigenvalue weighted by molar-refractivity contribution is -0.136. The molecule has 0 aromatic heterocycles. The van der Waals surface area contributed by atoms with Gasteiger partial charge in [0.2, 0.25) is 17.7 Å². The first-order chi connectivity index (χ1) is 11.3. The van der Waals surface area contributed by atoms with Crippen molar-refractivity contribution in [3.05, 3.63) is 30.1 Å². The summed E-state index contributed by atoms with van der Waals surface area (Å²) in [7, 11) is 0. The maximum absolute atomic E-state index is 12.9. The molecule has 3 aliphatic heterocycles. The lowest BCUT2D eigenvalue weighted by Gasteiger charge is -2.30. The lowest BCUT2D eigenvalue weighted by atomic mass is 9.67. The molecule has 3 saturated heterocycles. The first-order valence-corrected chi connectivity index (χ1v) is 7.93. The van der Waals surface area contributed by atoms with E-state index in [0.29, 0.717) is 18.5 Å². The Labute approximate surface area is 137 Å². The normalized spacial score (nSPS) is 36.6. The second kappa shape index (κ2) is 4.86. The van der Waals surface area contributed by atoms with Gasteiger partial charge in [0.05, 0.1) is 29.5 Å². The SMILES string of the molecule is CC12CCC(CC(=O)Nc3ccc(F)cc3)(O1)[C@@H]1C(=O)NC(=O)[C@@H]12. The Hall–Kier alpha value is -2.28. The number of rotatable bonds is 3. The van der Waals surface area contributed by atoms with Crippen molar-refractivity contribution in [1.82, 2.24) is 5.32 Å². The van der Waals surface area contributed by atoms with Crippen molar-refractivity contribution < 1.29 is 23.5 Å². The van der Waals surface area contributed by atoms with E-state index in [1.807, 2.05) is 6.92 Å². The number of carbonyl (C=O) groups is 3. The van der Waals surface area contributed by atoms with Gasteiger partial charge in [0, 0.05) is 5.69 Å². The zero-order chi connectivity index (χ0) is 17.1. The van der Waals surface area contributed by atoms with E-state index in [4.69, 9.17) is 4.74 Å². The number of imide groups is 1. The Balaban J connectivity index is 1.55. The Bertz CT molecular complexity index is 749. The summed E-state index contributed by atoms with van der Waals surface area (Å²) in [6, 6.07) is 5.44. The number of ether oxygens (including phenoxy) is 1. The number of nitrogens with one attached hydrogen (secondary N) is 2. The Morgan fingerprint density at radius 3 is 2.62 bits per heavy atom. The summed E-state index contributed by atoms with van der Waals surface area (Å²) in [5, 5.41) is 5.06. The van der Waals surface area contributed by atoms with Crippen molar-refractivity contribution >= 4 is 23.4 Å². The number of fused-ring (bicyclic) bond motifs is 5. The van der Waals surface area contributed by atoms with E-state index < -0.39 is 23.0 Å². The van der Waals surface area contributed by atoms with Gasteiger partial charge in [-0.3, -0.25) is 19.7 Å². The van der Waals surface area contributed by atoms with Gasteiger partial charge in [-0.2, -0.15) is 0 Å². The van der Waals surface area contributed by atoms with E-state index in [1.165, 1.54) is 24.3 Å². The summed E-state index contributed by atoms with van der Waals surface area (Å²) < 4.78 is 19.0. The van der Waals surface area contributed by atoms with Gasteiger partial charge < -0.3 is 10.1 Å². The predicted molar refractivity (Wildman–Crippen MR) is 81.2 cm³/mol. The van der Waals surface area contributed by atoms with Crippen LogP contribution in [-0.2, 0) is 19.1 Å². The van der Waals surface area contributed by atoms with E-state index in [-0.39, 0.29) is 30.0 Å². The summed E-state index contributed by atoms with van der Waals surface area (Å²) in [4.78, 5) is 36.7. The number of amides is 3. The van der Waals surface area contributed by atoms with Crippen LogP contribution in [0.2, 0.25) is 0 Å². The third kappa shape index (κ3) is 2.07. The highest BCUT2D eigenvalue weighted by Crippen LogP contribution is 2.60. The molecule has 0 saturated carbocycles. The zero-order valence-corrected chi connectivity index (χ0v) is 13.1. The van der Waals surface area contributed by atoms with E-state index in [2.05, 4.69) is 10.6 Å². The molecule has 6 nitrogen and oxygen atoms in total. The Morgan fingerprint density at radius 1 is 1.25 bits per heavy atom.